The van der Waals surface area contributed by atoms with Crippen molar-refractivity contribution in [1.29, 1.82) is 0 Å². The van der Waals surface area contributed by atoms with Crippen LogP contribution in [0.2, 0.25) is 0 Å². The maximum absolute atomic E-state index is 12.7. The number of likely N-dealkylation sites (N-methyl/N-ethyl adjacent to an activating group) is 1. The van der Waals surface area contributed by atoms with Gasteiger partial charge in [-0.25, -0.2) is 9.37 Å². The standard InChI is InChI=1S/C13H15FN2OS/c1-16(8-12-9-18-10-15-12)6-7-17-13-4-2-11(14)3-5-13/h2-5,9-10H,6-8H2,1H3. The molecule has 0 saturated heterocycles. The zero-order chi connectivity index (χ0) is 12.8. The van der Waals surface area contributed by atoms with Crippen LogP contribution >= 0.6 is 11.3 Å². The highest BCUT2D eigenvalue weighted by molar-refractivity contribution is 7.07. The summed E-state index contributed by atoms with van der Waals surface area (Å²) in [6.45, 7) is 2.19. The third-order valence-corrected chi connectivity index (χ3v) is 3.11. The van der Waals surface area contributed by atoms with E-state index in [4.69, 9.17) is 4.74 Å². The number of halogens is 1. The van der Waals surface area contributed by atoms with Crippen molar-refractivity contribution in [1.82, 2.24) is 9.88 Å². The van der Waals surface area contributed by atoms with Gasteiger partial charge in [0.2, 0.25) is 0 Å². The van der Waals surface area contributed by atoms with Gasteiger partial charge in [0.15, 0.2) is 0 Å². The molecule has 1 aromatic carbocycles. The Morgan fingerprint density at radius 1 is 1.33 bits per heavy atom. The Bertz CT molecular complexity index is 458. The molecule has 0 unspecified atom stereocenters. The van der Waals surface area contributed by atoms with Gasteiger partial charge < -0.3 is 4.74 Å². The number of hydrogen-bond donors (Lipinski definition) is 0. The van der Waals surface area contributed by atoms with E-state index >= 15 is 0 Å². The molecule has 2 aromatic rings. The highest BCUT2D eigenvalue weighted by Crippen LogP contribution is 2.11. The molecular formula is C13H15FN2OS. The summed E-state index contributed by atoms with van der Waals surface area (Å²) in [5.74, 6) is 0.446. The Morgan fingerprint density at radius 3 is 2.78 bits per heavy atom. The van der Waals surface area contributed by atoms with E-state index in [0.717, 1.165) is 18.8 Å². The molecule has 0 amide bonds. The van der Waals surface area contributed by atoms with Gasteiger partial charge in [-0.3, -0.25) is 4.90 Å². The minimum absolute atomic E-state index is 0.247. The van der Waals surface area contributed by atoms with E-state index in [2.05, 4.69) is 9.88 Å². The van der Waals surface area contributed by atoms with Crippen molar-refractivity contribution in [3.63, 3.8) is 0 Å². The second kappa shape index (κ2) is 6.47. The number of hydrogen-bond acceptors (Lipinski definition) is 4. The molecule has 0 N–H and O–H groups in total. The van der Waals surface area contributed by atoms with Crippen LogP contribution in [0.25, 0.3) is 0 Å². The van der Waals surface area contributed by atoms with Crippen LogP contribution in [0.5, 0.6) is 5.75 Å². The lowest BCUT2D eigenvalue weighted by Crippen LogP contribution is -2.24. The minimum atomic E-state index is -0.247. The van der Waals surface area contributed by atoms with Crippen LogP contribution in [0.15, 0.2) is 35.2 Å². The molecule has 0 fully saturated rings. The summed E-state index contributed by atoms with van der Waals surface area (Å²) in [5.41, 5.74) is 2.90. The van der Waals surface area contributed by atoms with E-state index in [-0.39, 0.29) is 5.82 Å². The summed E-state index contributed by atoms with van der Waals surface area (Å²) in [5, 5.41) is 2.04. The van der Waals surface area contributed by atoms with Crippen molar-refractivity contribution in [2.45, 2.75) is 6.54 Å². The molecule has 1 heterocycles. The zero-order valence-corrected chi connectivity index (χ0v) is 11.0. The average Bonchev–Trinajstić information content (AvgIpc) is 2.84. The summed E-state index contributed by atoms with van der Waals surface area (Å²) in [7, 11) is 2.02. The molecule has 0 radical (unpaired) electrons. The van der Waals surface area contributed by atoms with Crippen molar-refractivity contribution in [2.24, 2.45) is 0 Å². The first-order valence-electron chi connectivity index (χ1n) is 5.68. The molecule has 5 heteroatoms. The van der Waals surface area contributed by atoms with Gasteiger partial charge in [0, 0.05) is 18.5 Å². The van der Waals surface area contributed by atoms with Crippen LogP contribution in [0, 0.1) is 5.82 Å². The fourth-order valence-electron chi connectivity index (χ4n) is 1.52. The smallest absolute Gasteiger partial charge is 0.123 e. The van der Waals surface area contributed by atoms with Gasteiger partial charge in [0.1, 0.15) is 18.2 Å². The van der Waals surface area contributed by atoms with Gasteiger partial charge in [0.25, 0.3) is 0 Å². The first kappa shape index (κ1) is 13.0. The van der Waals surface area contributed by atoms with Gasteiger partial charge in [-0.15, -0.1) is 11.3 Å². The van der Waals surface area contributed by atoms with Crippen molar-refractivity contribution in [3.8, 4) is 5.75 Å². The summed E-state index contributed by atoms with van der Waals surface area (Å²) >= 11 is 1.60. The lowest BCUT2D eigenvalue weighted by molar-refractivity contribution is 0.231. The summed E-state index contributed by atoms with van der Waals surface area (Å²) in [6.07, 6.45) is 0. The molecule has 0 atom stereocenters. The highest BCUT2D eigenvalue weighted by Gasteiger charge is 2.02. The number of rotatable bonds is 6. The first-order chi connectivity index (χ1) is 8.74. The number of thiazole rings is 1. The topological polar surface area (TPSA) is 25.4 Å². The van der Waals surface area contributed by atoms with Crippen molar-refractivity contribution >= 4 is 11.3 Å². The molecule has 3 nitrogen and oxygen atoms in total. The predicted molar refractivity (Wildman–Crippen MR) is 70.3 cm³/mol. The second-order valence-corrected chi connectivity index (χ2v) is 4.74. The third kappa shape index (κ3) is 4.09. The zero-order valence-electron chi connectivity index (χ0n) is 10.2. The molecule has 96 valence electrons. The van der Waals surface area contributed by atoms with Crippen molar-refractivity contribution in [3.05, 3.63) is 46.7 Å². The second-order valence-electron chi connectivity index (χ2n) is 4.02. The minimum Gasteiger partial charge on any atom is -0.492 e. The SMILES string of the molecule is CN(CCOc1ccc(F)cc1)Cc1cscn1. The Kier molecular flexibility index (Phi) is 4.66. The monoisotopic (exact) mass is 266 g/mol. The van der Waals surface area contributed by atoms with E-state index in [1.54, 1.807) is 23.5 Å². The van der Waals surface area contributed by atoms with E-state index < -0.39 is 0 Å². The number of benzene rings is 1. The predicted octanol–water partition coefficient (Wildman–Crippen LogP) is 2.79. The Hall–Kier alpha value is -1.46. The Morgan fingerprint density at radius 2 is 2.11 bits per heavy atom. The molecule has 0 aliphatic heterocycles. The number of aromatic nitrogens is 1. The maximum Gasteiger partial charge on any atom is 0.123 e. The van der Waals surface area contributed by atoms with Crippen LogP contribution in [-0.4, -0.2) is 30.1 Å². The van der Waals surface area contributed by atoms with E-state index in [1.807, 2.05) is 17.9 Å². The number of nitrogens with zero attached hydrogens (tertiary/aromatic N) is 2. The maximum atomic E-state index is 12.7. The van der Waals surface area contributed by atoms with E-state index in [0.29, 0.717) is 12.4 Å². The molecule has 2 rings (SSSR count). The summed E-state index contributed by atoms with van der Waals surface area (Å²) in [6, 6.07) is 6.06. The van der Waals surface area contributed by atoms with Crippen LogP contribution in [0.3, 0.4) is 0 Å². The molecule has 0 spiro atoms. The van der Waals surface area contributed by atoms with Gasteiger partial charge in [0.05, 0.1) is 11.2 Å². The summed E-state index contributed by atoms with van der Waals surface area (Å²) in [4.78, 5) is 6.36. The first-order valence-corrected chi connectivity index (χ1v) is 6.62. The van der Waals surface area contributed by atoms with Gasteiger partial charge in [-0.2, -0.15) is 0 Å². The molecule has 18 heavy (non-hydrogen) atoms. The van der Waals surface area contributed by atoms with Crippen LogP contribution in [-0.2, 0) is 6.54 Å². The van der Waals surface area contributed by atoms with E-state index in [9.17, 15) is 4.39 Å². The molecule has 1 aromatic heterocycles. The Balaban J connectivity index is 1.70. The average molecular weight is 266 g/mol. The highest BCUT2D eigenvalue weighted by atomic mass is 32.1. The van der Waals surface area contributed by atoms with Gasteiger partial charge in [-0.05, 0) is 31.3 Å². The fourth-order valence-corrected chi connectivity index (χ4v) is 2.07. The lowest BCUT2D eigenvalue weighted by atomic mass is 10.3. The largest absolute Gasteiger partial charge is 0.492 e. The lowest BCUT2D eigenvalue weighted by Gasteiger charge is -2.15. The molecule has 0 bridgehead atoms. The quantitative estimate of drug-likeness (QED) is 0.804. The fraction of sp³-hybridized carbons (Fsp3) is 0.308. The molecule has 0 saturated carbocycles. The van der Waals surface area contributed by atoms with Crippen molar-refractivity contribution in [2.75, 3.05) is 20.2 Å². The third-order valence-electron chi connectivity index (χ3n) is 2.47. The van der Waals surface area contributed by atoms with Crippen molar-refractivity contribution < 1.29 is 9.13 Å². The summed E-state index contributed by atoms with van der Waals surface area (Å²) < 4.78 is 18.2. The van der Waals surface area contributed by atoms with E-state index in [1.165, 1.54) is 12.1 Å². The normalized spacial score (nSPS) is 10.8. The van der Waals surface area contributed by atoms with Crippen LogP contribution < -0.4 is 4.74 Å². The Labute approximate surface area is 110 Å². The van der Waals surface area contributed by atoms with Crippen LogP contribution in [0.4, 0.5) is 4.39 Å². The molecule has 0 aliphatic carbocycles. The molecular weight excluding hydrogens is 251 g/mol. The number of ether oxygens (including phenoxy) is 1. The van der Waals surface area contributed by atoms with Gasteiger partial charge in [-0.1, -0.05) is 0 Å². The molecule has 0 aliphatic rings. The van der Waals surface area contributed by atoms with Gasteiger partial charge >= 0.3 is 0 Å². The van der Waals surface area contributed by atoms with Crippen LogP contribution in [0.1, 0.15) is 5.69 Å².